The lowest BCUT2D eigenvalue weighted by Gasteiger charge is -2.34. The number of aromatic amines is 1. The highest BCUT2D eigenvalue weighted by atomic mass is 16.5. The first-order chi connectivity index (χ1) is 16.1. The maximum Gasteiger partial charge on any atom is 0.260 e. The summed E-state index contributed by atoms with van der Waals surface area (Å²) in [7, 11) is 3.45. The standard InChI is InChI=1S/C24H30N6O3/c1-32-17-5-7-28(8-6-17)24-25-13-16-14-29(9-10-30(16)24)23-26-20-12-18(33-2)11-19(15-3-4-15)21(20)22(31)27-23/h11-13,15,17H,3-10,14H2,1-2H3,(H,26,27,31). The lowest BCUT2D eigenvalue weighted by molar-refractivity contribution is 0.0815. The van der Waals surface area contributed by atoms with Crippen molar-refractivity contribution in [2.24, 2.45) is 0 Å². The fourth-order valence-corrected chi connectivity index (χ4v) is 5.24. The molecule has 6 rings (SSSR count). The number of fused-ring (bicyclic) bond motifs is 2. The molecule has 1 N–H and O–H groups in total. The number of benzene rings is 1. The van der Waals surface area contributed by atoms with Gasteiger partial charge in [0.25, 0.3) is 5.56 Å². The number of piperidine rings is 1. The first kappa shape index (κ1) is 20.5. The molecular weight excluding hydrogens is 420 g/mol. The Morgan fingerprint density at radius 2 is 1.85 bits per heavy atom. The molecule has 9 nitrogen and oxygen atoms in total. The Balaban J connectivity index is 1.28. The summed E-state index contributed by atoms with van der Waals surface area (Å²) in [4.78, 5) is 30.3. The summed E-state index contributed by atoms with van der Waals surface area (Å²) < 4.78 is 13.3. The molecule has 9 heteroatoms. The number of hydrogen-bond donors (Lipinski definition) is 1. The van der Waals surface area contributed by atoms with E-state index in [4.69, 9.17) is 19.4 Å². The minimum atomic E-state index is -0.0691. The molecule has 0 amide bonds. The molecule has 33 heavy (non-hydrogen) atoms. The highest BCUT2D eigenvalue weighted by Gasteiger charge is 2.29. The average molecular weight is 451 g/mol. The highest BCUT2D eigenvalue weighted by molar-refractivity contribution is 5.85. The molecule has 0 spiro atoms. The van der Waals surface area contributed by atoms with E-state index in [2.05, 4.69) is 19.4 Å². The number of anilines is 2. The van der Waals surface area contributed by atoms with E-state index in [1.165, 1.54) is 0 Å². The van der Waals surface area contributed by atoms with Crippen molar-refractivity contribution >= 4 is 22.8 Å². The van der Waals surface area contributed by atoms with Gasteiger partial charge in [0.2, 0.25) is 11.9 Å². The Labute approximate surface area is 192 Å². The van der Waals surface area contributed by atoms with Crippen molar-refractivity contribution in [3.63, 3.8) is 0 Å². The Morgan fingerprint density at radius 3 is 2.58 bits per heavy atom. The molecule has 174 valence electrons. The molecule has 0 bridgehead atoms. The summed E-state index contributed by atoms with van der Waals surface area (Å²) in [5.74, 6) is 2.84. The van der Waals surface area contributed by atoms with Crippen molar-refractivity contribution in [2.45, 2.75) is 50.8 Å². The molecule has 1 aliphatic carbocycles. The second-order valence-electron chi connectivity index (χ2n) is 9.32. The van der Waals surface area contributed by atoms with Crippen LogP contribution in [0.25, 0.3) is 10.9 Å². The topological polar surface area (TPSA) is 88.5 Å². The summed E-state index contributed by atoms with van der Waals surface area (Å²) in [6.45, 7) is 4.16. The van der Waals surface area contributed by atoms with Gasteiger partial charge in [0, 0.05) is 39.4 Å². The number of aromatic nitrogens is 4. The van der Waals surface area contributed by atoms with E-state index in [1.807, 2.05) is 18.3 Å². The lowest BCUT2D eigenvalue weighted by atomic mass is 10.0. The van der Waals surface area contributed by atoms with Crippen LogP contribution in [0.1, 0.15) is 42.9 Å². The Bertz CT molecular complexity index is 1240. The molecule has 2 fully saturated rings. The van der Waals surface area contributed by atoms with Crippen molar-refractivity contribution < 1.29 is 9.47 Å². The van der Waals surface area contributed by atoms with Crippen LogP contribution in [-0.4, -0.2) is 59.5 Å². The van der Waals surface area contributed by atoms with Crippen LogP contribution in [0.2, 0.25) is 0 Å². The molecule has 0 radical (unpaired) electrons. The van der Waals surface area contributed by atoms with Crippen molar-refractivity contribution in [3.8, 4) is 5.75 Å². The van der Waals surface area contributed by atoms with Crippen molar-refractivity contribution in [1.82, 2.24) is 19.5 Å². The summed E-state index contributed by atoms with van der Waals surface area (Å²) in [6.07, 6.45) is 6.59. The van der Waals surface area contributed by atoms with E-state index in [0.29, 0.717) is 35.4 Å². The van der Waals surface area contributed by atoms with E-state index in [1.54, 1.807) is 14.2 Å². The molecular formula is C24H30N6O3. The molecule has 1 saturated carbocycles. The van der Waals surface area contributed by atoms with Gasteiger partial charge in [-0.1, -0.05) is 0 Å². The monoisotopic (exact) mass is 450 g/mol. The Kier molecular flexibility index (Phi) is 5.01. The number of ether oxygens (including phenoxy) is 2. The predicted molar refractivity (Wildman–Crippen MR) is 126 cm³/mol. The van der Waals surface area contributed by atoms with Gasteiger partial charge in [-0.05, 0) is 43.2 Å². The van der Waals surface area contributed by atoms with E-state index in [9.17, 15) is 4.79 Å². The maximum atomic E-state index is 13.1. The Hall–Kier alpha value is -3.07. The fourth-order valence-electron chi connectivity index (χ4n) is 5.24. The van der Waals surface area contributed by atoms with Crippen LogP contribution in [0.4, 0.5) is 11.9 Å². The van der Waals surface area contributed by atoms with E-state index in [0.717, 1.165) is 74.8 Å². The predicted octanol–water partition coefficient (Wildman–Crippen LogP) is 2.64. The zero-order chi connectivity index (χ0) is 22.5. The summed E-state index contributed by atoms with van der Waals surface area (Å²) in [5, 5.41) is 0.700. The second kappa shape index (κ2) is 8.06. The van der Waals surface area contributed by atoms with Crippen molar-refractivity contribution in [3.05, 3.63) is 39.9 Å². The van der Waals surface area contributed by atoms with Crippen molar-refractivity contribution in [2.75, 3.05) is 43.7 Å². The molecule has 1 aromatic carbocycles. The number of nitrogens with zero attached hydrogens (tertiary/aromatic N) is 5. The van der Waals surface area contributed by atoms with E-state index in [-0.39, 0.29) is 5.56 Å². The van der Waals surface area contributed by atoms with Crippen LogP contribution in [0.3, 0.4) is 0 Å². The second-order valence-corrected chi connectivity index (χ2v) is 9.32. The van der Waals surface area contributed by atoms with Crippen LogP contribution in [0.5, 0.6) is 5.75 Å². The van der Waals surface area contributed by atoms with Crippen LogP contribution in [-0.2, 0) is 17.8 Å². The molecule has 1 saturated heterocycles. The first-order valence-corrected chi connectivity index (χ1v) is 11.8. The van der Waals surface area contributed by atoms with Gasteiger partial charge in [-0.3, -0.25) is 9.78 Å². The van der Waals surface area contributed by atoms with Gasteiger partial charge in [-0.15, -0.1) is 0 Å². The summed E-state index contributed by atoms with van der Waals surface area (Å²) >= 11 is 0. The minimum absolute atomic E-state index is 0.0691. The zero-order valence-corrected chi connectivity index (χ0v) is 19.2. The number of nitrogens with one attached hydrogen (secondary N) is 1. The Morgan fingerprint density at radius 1 is 1.03 bits per heavy atom. The third kappa shape index (κ3) is 3.64. The van der Waals surface area contributed by atoms with Gasteiger partial charge in [0.05, 0.1) is 42.6 Å². The normalized spacial score (nSPS) is 19.2. The molecule has 3 aromatic rings. The minimum Gasteiger partial charge on any atom is -0.497 e. The van der Waals surface area contributed by atoms with Gasteiger partial charge in [0.15, 0.2) is 0 Å². The van der Waals surface area contributed by atoms with E-state index < -0.39 is 0 Å². The van der Waals surface area contributed by atoms with Gasteiger partial charge in [-0.2, -0.15) is 0 Å². The molecule has 3 aliphatic rings. The summed E-state index contributed by atoms with van der Waals surface area (Å²) in [5.41, 5.74) is 2.83. The fraction of sp³-hybridized carbons (Fsp3) is 0.542. The van der Waals surface area contributed by atoms with Gasteiger partial charge < -0.3 is 23.8 Å². The molecule has 0 unspecified atom stereocenters. The quantitative estimate of drug-likeness (QED) is 0.639. The molecule has 4 heterocycles. The van der Waals surface area contributed by atoms with Crippen LogP contribution in [0.15, 0.2) is 23.1 Å². The lowest BCUT2D eigenvalue weighted by Crippen LogP contribution is -2.40. The third-order valence-corrected chi connectivity index (χ3v) is 7.27. The van der Waals surface area contributed by atoms with Gasteiger partial charge in [0.1, 0.15) is 5.75 Å². The number of methoxy groups -OCH3 is 2. The zero-order valence-electron chi connectivity index (χ0n) is 19.2. The summed E-state index contributed by atoms with van der Waals surface area (Å²) in [6, 6.07) is 3.86. The van der Waals surface area contributed by atoms with Crippen molar-refractivity contribution in [1.29, 1.82) is 0 Å². The molecule has 0 atom stereocenters. The van der Waals surface area contributed by atoms with Crippen LogP contribution >= 0.6 is 0 Å². The third-order valence-electron chi connectivity index (χ3n) is 7.27. The first-order valence-electron chi connectivity index (χ1n) is 11.8. The number of H-pyrrole nitrogens is 1. The average Bonchev–Trinajstić information content (AvgIpc) is 3.62. The van der Waals surface area contributed by atoms with E-state index >= 15 is 0 Å². The number of imidazole rings is 1. The largest absolute Gasteiger partial charge is 0.497 e. The smallest absolute Gasteiger partial charge is 0.260 e. The number of rotatable bonds is 5. The van der Waals surface area contributed by atoms with Crippen LogP contribution in [0, 0.1) is 0 Å². The molecule has 2 aromatic heterocycles. The SMILES string of the molecule is COc1cc(C2CC2)c2c(=O)[nH]c(N3CCn4c(cnc4N4CCC(OC)CC4)C3)nc2c1. The number of hydrogen-bond acceptors (Lipinski definition) is 7. The van der Waals surface area contributed by atoms with Crippen LogP contribution < -0.4 is 20.1 Å². The van der Waals surface area contributed by atoms with Gasteiger partial charge in [-0.25, -0.2) is 9.97 Å². The van der Waals surface area contributed by atoms with Gasteiger partial charge >= 0.3 is 0 Å². The molecule has 2 aliphatic heterocycles. The maximum absolute atomic E-state index is 13.1. The highest BCUT2D eigenvalue weighted by Crippen LogP contribution is 2.43.